The average Bonchev–Trinajstić information content (AvgIpc) is 2.91. The molecule has 2 aromatic rings. The highest BCUT2D eigenvalue weighted by molar-refractivity contribution is 7.09. The van der Waals surface area contributed by atoms with E-state index in [0.717, 1.165) is 10.6 Å². The van der Waals surface area contributed by atoms with Crippen molar-refractivity contribution in [2.75, 3.05) is 0 Å². The van der Waals surface area contributed by atoms with Gasteiger partial charge >= 0.3 is 0 Å². The zero-order valence-electron chi connectivity index (χ0n) is 10.8. The maximum Gasteiger partial charge on any atom is 0.271 e. The summed E-state index contributed by atoms with van der Waals surface area (Å²) in [4.78, 5) is 16.0. The molecule has 0 saturated heterocycles. The van der Waals surface area contributed by atoms with Crippen LogP contribution < -0.4 is 11.1 Å². The third-order valence-corrected chi connectivity index (χ3v) is 3.41. The quantitative estimate of drug-likeness (QED) is 0.343. The molecule has 0 aliphatic carbocycles. The van der Waals surface area contributed by atoms with Crippen LogP contribution in [0.2, 0.25) is 0 Å². The minimum absolute atomic E-state index is 0.0355. The molecule has 0 bridgehead atoms. The van der Waals surface area contributed by atoms with Crippen molar-refractivity contribution < 1.29 is 10.0 Å². The maximum absolute atomic E-state index is 11.9. The zero-order valence-corrected chi connectivity index (χ0v) is 11.6. The highest BCUT2D eigenvalue weighted by Gasteiger charge is 2.09. The number of oxime groups is 1. The molecule has 0 atom stereocenters. The normalized spacial score (nSPS) is 11.3. The molecule has 4 N–H and O–H groups in total. The summed E-state index contributed by atoms with van der Waals surface area (Å²) in [5, 5.41) is 16.9. The van der Waals surface area contributed by atoms with Gasteiger partial charge in [0, 0.05) is 17.5 Å². The Bertz CT molecular complexity index is 651. The van der Waals surface area contributed by atoms with E-state index in [9.17, 15) is 4.79 Å². The van der Waals surface area contributed by atoms with E-state index in [2.05, 4.69) is 15.5 Å². The molecule has 6 nitrogen and oxygen atoms in total. The predicted molar refractivity (Wildman–Crippen MR) is 77.0 cm³/mol. The van der Waals surface area contributed by atoms with E-state index in [1.807, 2.05) is 13.0 Å². The lowest BCUT2D eigenvalue weighted by Gasteiger charge is -2.05. The van der Waals surface area contributed by atoms with Crippen LogP contribution in [-0.2, 0) is 6.54 Å². The molecule has 20 heavy (non-hydrogen) atoms. The van der Waals surface area contributed by atoms with Crippen LogP contribution >= 0.6 is 11.3 Å². The van der Waals surface area contributed by atoms with Crippen molar-refractivity contribution >= 4 is 23.1 Å². The van der Waals surface area contributed by atoms with E-state index in [1.54, 1.807) is 23.6 Å². The molecule has 1 aromatic carbocycles. The van der Waals surface area contributed by atoms with E-state index in [-0.39, 0.29) is 11.7 Å². The van der Waals surface area contributed by atoms with Crippen molar-refractivity contribution in [3.05, 3.63) is 51.5 Å². The second kappa shape index (κ2) is 6.16. The van der Waals surface area contributed by atoms with Gasteiger partial charge in [-0.25, -0.2) is 4.98 Å². The third-order valence-electron chi connectivity index (χ3n) is 2.64. The van der Waals surface area contributed by atoms with Gasteiger partial charge in [0.1, 0.15) is 5.69 Å². The molecule has 0 aliphatic rings. The molecule has 0 fully saturated rings. The monoisotopic (exact) mass is 290 g/mol. The highest BCUT2D eigenvalue weighted by atomic mass is 32.1. The van der Waals surface area contributed by atoms with Crippen molar-refractivity contribution in [2.24, 2.45) is 10.9 Å². The molecule has 2 rings (SSSR count). The molecule has 0 spiro atoms. The number of aromatic nitrogens is 1. The summed E-state index contributed by atoms with van der Waals surface area (Å²) in [6.07, 6.45) is 0. The minimum Gasteiger partial charge on any atom is -0.409 e. The van der Waals surface area contributed by atoms with Gasteiger partial charge < -0.3 is 16.3 Å². The third kappa shape index (κ3) is 3.33. The van der Waals surface area contributed by atoms with Gasteiger partial charge in [-0.3, -0.25) is 4.79 Å². The number of amidine groups is 1. The largest absolute Gasteiger partial charge is 0.409 e. The Kier molecular flexibility index (Phi) is 4.31. The van der Waals surface area contributed by atoms with Gasteiger partial charge in [-0.15, -0.1) is 11.3 Å². The van der Waals surface area contributed by atoms with Crippen LogP contribution in [0, 0.1) is 6.92 Å². The maximum atomic E-state index is 11.9. The molecule has 1 amide bonds. The first kappa shape index (κ1) is 14.0. The van der Waals surface area contributed by atoms with Gasteiger partial charge in [0.25, 0.3) is 5.91 Å². The standard InChI is InChI=1S/C13H14N4O2S/c1-8-16-11(7-20-8)13(18)15-6-9-3-2-4-10(5-9)12(14)17-19/h2-5,7,19H,6H2,1H3,(H2,14,17)(H,15,18). The topological polar surface area (TPSA) is 101 Å². The first-order chi connectivity index (χ1) is 9.60. The van der Waals surface area contributed by atoms with Crippen LogP contribution in [0.5, 0.6) is 0 Å². The summed E-state index contributed by atoms with van der Waals surface area (Å²) in [7, 11) is 0. The summed E-state index contributed by atoms with van der Waals surface area (Å²) in [5.41, 5.74) is 7.39. The lowest BCUT2D eigenvalue weighted by molar-refractivity contribution is 0.0946. The van der Waals surface area contributed by atoms with Crippen molar-refractivity contribution in [1.82, 2.24) is 10.3 Å². The van der Waals surface area contributed by atoms with Crippen LogP contribution in [0.25, 0.3) is 0 Å². The fraction of sp³-hybridized carbons (Fsp3) is 0.154. The molecular formula is C13H14N4O2S. The number of nitrogens with zero attached hydrogens (tertiary/aromatic N) is 2. The Labute approximate surface area is 120 Å². The molecular weight excluding hydrogens is 276 g/mol. The smallest absolute Gasteiger partial charge is 0.271 e. The summed E-state index contributed by atoms with van der Waals surface area (Å²) in [5.74, 6) is -0.183. The van der Waals surface area contributed by atoms with Crippen LogP contribution in [0.4, 0.5) is 0 Å². The van der Waals surface area contributed by atoms with Crippen LogP contribution in [0.15, 0.2) is 34.8 Å². The number of hydrogen-bond acceptors (Lipinski definition) is 5. The summed E-state index contributed by atoms with van der Waals surface area (Å²) in [6.45, 7) is 2.20. The molecule has 0 unspecified atom stereocenters. The molecule has 1 heterocycles. The summed E-state index contributed by atoms with van der Waals surface area (Å²) in [6, 6.07) is 7.11. The lowest BCUT2D eigenvalue weighted by atomic mass is 10.1. The Hall–Kier alpha value is -2.41. The van der Waals surface area contributed by atoms with E-state index >= 15 is 0 Å². The van der Waals surface area contributed by atoms with Gasteiger partial charge in [0.15, 0.2) is 5.84 Å². The summed E-state index contributed by atoms with van der Waals surface area (Å²) < 4.78 is 0. The SMILES string of the molecule is Cc1nc(C(=O)NCc2cccc(C(N)=NO)c2)cs1. The number of thiazole rings is 1. The number of hydrogen-bond donors (Lipinski definition) is 3. The Morgan fingerprint density at radius 2 is 2.35 bits per heavy atom. The number of rotatable bonds is 4. The first-order valence-corrected chi connectivity index (χ1v) is 6.75. The molecule has 0 aliphatic heterocycles. The Balaban J connectivity index is 2.02. The average molecular weight is 290 g/mol. The number of aryl methyl sites for hydroxylation is 1. The van der Waals surface area contributed by atoms with Crippen molar-refractivity contribution in [3.63, 3.8) is 0 Å². The second-order valence-corrected chi connectivity index (χ2v) is 5.18. The second-order valence-electron chi connectivity index (χ2n) is 4.12. The molecule has 104 valence electrons. The van der Waals surface area contributed by atoms with Gasteiger partial charge in [-0.2, -0.15) is 0 Å². The van der Waals surface area contributed by atoms with Crippen molar-refractivity contribution in [1.29, 1.82) is 0 Å². The molecule has 0 radical (unpaired) electrons. The van der Waals surface area contributed by atoms with Crippen molar-refractivity contribution in [3.8, 4) is 0 Å². The first-order valence-electron chi connectivity index (χ1n) is 5.87. The number of amides is 1. The highest BCUT2D eigenvalue weighted by Crippen LogP contribution is 2.09. The predicted octanol–water partition coefficient (Wildman–Crippen LogP) is 1.48. The van der Waals surface area contributed by atoms with Gasteiger partial charge in [0.05, 0.1) is 5.01 Å². The van der Waals surface area contributed by atoms with Crippen molar-refractivity contribution in [2.45, 2.75) is 13.5 Å². The van der Waals surface area contributed by atoms with Crippen LogP contribution in [-0.4, -0.2) is 21.9 Å². The van der Waals surface area contributed by atoms with Gasteiger partial charge in [-0.05, 0) is 18.6 Å². The van der Waals surface area contributed by atoms with E-state index in [4.69, 9.17) is 10.9 Å². The summed E-state index contributed by atoms with van der Waals surface area (Å²) >= 11 is 1.43. The van der Waals surface area contributed by atoms with E-state index < -0.39 is 0 Å². The van der Waals surface area contributed by atoms with Gasteiger partial charge in [0.2, 0.25) is 0 Å². The fourth-order valence-corrected chi connectivity index (χ4v) is 2.23. The Morgan fingerprint density at radius 3 is 3.00 bits per heavy atom. The fourth-order valence-electron chi connectivity index (χ4n) is 1.64. The molecule has 1 aromatic heterocycles. The molecule has 0 saturated carbocycles. The lowest BCUT2D eigenvalue weighted by Crippen LogP contribution is -2.23. The molecule has 7 heteroatoms. The Morgan fingerprint density at radius 1 is 1.55 bits per heavy atom. The number of carbonyl (C=O) groups is 1. The number of benzene rings is 1. The zero-order chi connectivity index (χ0) is 14.5. The number of nitrogens with one attached hydrogen (secondary N) is 1. The van der Waals surface area contributed by atoms with Crippen LogP contribution in [0.1, 0.15) is 26.6 Å². The number of carbonyl (C=O) groups excluding carboxylic acids is 1. The van der Waals surface area contributed by atoms with Crippen LogP contribution in [0.3, 0.4) is 0 Å². The van der Waals surface area contributed by atoms with E-state index in [0.29, 0.717) is 17.8 Å². The number of nitrogens with two attached hydrogens (primary N) is 1. The minimum atomic E-state index is -0.219. The van der Waals surface area contributed by atoms with Gasteiger partial charge in [-0.1, -0.05) is 23.4 Å². The van der Waals surface area contributed by atoms with E-state index in [1.165, 1.54) is 11.3 Å².